The van der Waals surface area contributed by atoms with Gasteiger partial charge in [-0.15, -0.1) is 0 Å². The van der Waals surface area contributed by atoms with E-state index in [1.165, 1.54) is 0 Å². The van der Waals surface area contributed by atoms with Crippen LogP contribution in [0.25, 0.3) is 0 Å². The zero-order valence-electron chi connectivity index (χ0n) is 16.6. The first-order valence-corrected chi connectivity index (χ1v) is 9.72. The number of rotatable bonds is 5. The molecule has 2 atom stereocenters. The van der Waals surface area contributed by atoms with Crippen molar-refractivity contribution in [2.75, 3.05) is 11.9 Å². The highest BCUT2D eigenvalue weighted by atomic mass is 16.5. The van der Waals surface area contributed by atoms with E-state index in [2.05, 4.69) is 24.1 Å². The fraction of sp³-hybridized carbons (Fsp3) is 0.409. The summed E-state index contributed by atoms with van der Waals surface area (Å²) in [7, 11) is 0. The Bertz CT molecular complexity index is 825. The summed E-state index contributed by atoms with van der Waals surface area (Å²) in [5.41, 5.74) is 1.52. The molecule has 0 radical (unpaired) electrons. The van der Waals surface area contributed by atoms with Crippen LogP contribution in [0, 0.1) is 6.92 Å². The predicted molar refractivity (Wildman–Crippen MR) is 108 cm³/mol. The number of anilines is 1. The molecule has 3 rings (SSSR count). The summed E-state index contributed by atoms with van der Waals surface area (Å²) in [6.07, 6.45) is 4.89. The SMILES string of the molecule is Cc1ccnc(NC(=O)c2ccc(OCC(=O)N3C(C)CCCC3C)cc2)c1. The van der Waals surface area contributed by atoms with E-state index >= 15 is 0 Å². The molecule has 1 aromatic heterocycles. The Labute approximate surface area is 165 Å². The number of benzene rings is 1. The highest BCUT2D eigenvalue weighted by Gasteiger charge is 2.28. The largest absolute Gasteiger partial charge is 0.484 e. The quantitative estimate of drug-likeness (QED) is 0.855. The average molecular weight is 381 g/mol. The molecule has 0 bridgehead atoms. The van der Waals surface area contributed by atoms with Crippen molar-refractivity contribution in [1.82, 2.24) is 9.88 Å². The number of piperidine rings is 1. The van der Waals surface area contributed by atoms with Gasteiger partial charge in [-0.3, -0.25) is 9.59 Å². The molecular weight excluding hydrogens is 354 g/mol. The number of amides is 2. The van der Waals surface area contributed by atoms with Crippen LogP contribution in [0.4, 0.5) is 5.82 Å². The van der Waals surface area contributed by atoms with Crippen molar-refractivity contribution >= 4 is 17.6 Å². The molecule has 6 heteroatoms. The monoisotopic (exact) mass is 381 g/mol. The standard InChI is InChI=1S/C22H27N3O3/c1-15-11-12-23-20(13-15)24-22(27)18-7-9-19(10-8-18)28-14-21(26)25-16(2)5-4-6-17(25)3/h7-13,16-17H,4-6,14H2,1-3H3,(H,23,24,27). The van der Waals surface area contributed by atoms with Crippen LogP contribution in [-0.4, -0.2) is 40.4 Å². The second-order valence-corrected chi connectivity index (χ2v) is 7.42. The molecule has 0 spiro atoms. The van der Waals surface area contributed by atoms with Gasteiger partial charge in [-0.05, 0) is 82.0 Å². The molecular formula is C22H27N3O3. The fourth-order valence-electron chi connectivity index (χ4n) is 3.63. The van der Waals surface area contributed by atoms with Gasteiger partial charge in [-0.1, -0.05) is 0 Å². The van der Waals surface area contributed by atoms with Crippen molar-refractivity contribution in [1.29, 1.82) is 0 Å². The number of pyridine rings is 1. The molecule has 1 N–H and O–H groups in total. The molecule has 0 saturated carbocycles. The smallest absolute Gasteiger partial charge is 0.260 e. The number of likely N-dealkylation sites (tertiary alicyclic amines) is 1. The Balaban J connectivity index is 1.55. The Morgan fingerprint density at radius 2 is 1.82 bits per heavy atom. The second-order valence-electron chi connectivity index (χ2n) is 7.42. The summed E-state index contributed by atoms with van der Waals surface area (Å²) in [5.74, 6) is 0.848. The minimum absolute atomic E-state index is 0.00652. The molecule has 1 fully saturated rings. The summed E-state index contributed by atoms with van der Waals surface area (Å²) in [4.78, 5) is 30.9. The summed E-state index contributed by atoms with van der Waals surface area (Å²) in [6, 6.07) is 10.9. The molecule has 2 amide bonds. The minimum Gasteiger partial charge on any atom is -0.484 e. The van der Waals surface area contributed by atoms with E-state index in [0.29, 0.717) is 17.1 Å². The first-order chi connectivity index (χ1) is 13.4. The zero-order valence-corrected chi connectivity index (χ0v) is 16.6. The van der Waals surface area contributed by atoms with Crippen molar-refractivity contribution in [2.45, 2.75) is 52.1 Å². The molecule has 148 valence electrons. The Kier molecular flexibility index (Phi) is 6.29. The van der Waals surface area contributed by atoms with Crippen LogP contribution in [0.15, 0.2) is 42.6 Å². The molecule has 2 unspecified atom stereocenters. The maximum absolute atomic E-state index is 12.5. The normalized spacial score (nSPS) is 19.2. The van der Waals surface area contributed by atoms with Gasteiger partial charge in [0, 0.05) is 23.8 Å². The highest BCUT2D eigenvalue weighted by molar-refractivity contribution is 6.03. The lowest BCUT2D eigenvalue weighted by Crippen LogP contribution is -2.49. The van der Waals surface area contributed by atoms with Gasteiger partial charge in [0.05, 0.1) is 0 Å². The molecule has 28 heavy (non-hydrogen) atoms. The minimum atomic E-state index is -0.239. The maximum atomic E-state index is 12.5. The molecule has 2 heterocycles. The lowest BCUT2D eigenvalue weighted by Gasteiger charge is -2.38. The van der Waals surface area contributed by atoms with Crippen LogP contribution in [0.5, 0.6) is 5.75 Å². The van der Waals surface area contributed by atoms with Gasteiger partial charge >= 0.3 is 0 Å². The topological polar surface area (TPSA) is 71.5 Å². The number of hydrogen-bond acceptors (Lipinski definition) is 4. The Morgan fingerprint density at radius 3 is 2.46 bits per heavy atom. The van der Waals surface area contributed by atoms with Crippen LogP contribution >= 0.6 is 0 Å². The van der Waals surface area contributed by atoms with Crippen LogP contribution in [0.1, 0.15) is 49.0 Å². The number of carbonyl (C=O) groups excluding carboxylic acids is 2. The molecule has 2 aromatic rings. The third-order valence-corrected chi connectivity index (χ3v) is 5.12. The first-order valence-electron chi connectivity index (χ1n) is 9.72. The molecule has 1 aliphatic heterocycles. The van der Waals surface area contributed by atoms with Gasteiger partial charge in [-0.2, -0.15) is 0 Å². The van der Waals surface area contributed by atoms with Crippen molar-refractivity contribution in [3.63, 3.8) is 0 Å². The number of aryl methyl sites for hydroxylation is 1. The van der Waals surface area contributed by atoms with Crippen molar-refractivity contribution in [2.24, 2.45) is 0 Å². The van der Waals surface area contributed by atoms with Crippen LogP contribution in [-0.2, 0) is 4.79 Å². The number of nitrogens with zero attached hydrogens (tertiary/aromatic N) is 2. The van der Waals surface area contributed by atoms with E-state index in [0.717, 1.165) is 24.8 Å². The first kappa shape index (κ1) is 19.9. The molecule has 1 aromatic carbocycles. The third kappa shape index (κ3) is 4.88. The predicted octanol–water partition coefficient (Wildman–Crippen LogP) is 3.81. The number of hydrogen-bond donors (Lipinski definition) is 1. The zero-order chi connectivity index (χ0) is 20.1. The van der Waals surface area contributed by atoms with Gasteiger partial charge in [0.2, 0.25) is 0 Å². The van der Waals surface area contributed by atoms with Crippen molar-refractivity contribution in [3.8, 4) is 5.75 Å². The van der Waals surface area contributed by atoms with Gasteiger partial charge in [0.1, 0.15) is 11.6 Å². The Morgan fingerprint density at radius 1 is 1.14 bits per heavy atom. The lowest BCUT2D eigenvalue weighted by atomic mass is 9.97. The second kappa shape index (κ2) is 8.87. The number of nitrogens with one attached hydrogen (secondary N) is 1. The van der Waals surface area contributed by atoms with E-state index in [9.17, 15) is 9.59 Å². The maximum Gasteiger partial charge on any atom is 0.260 e. The van der Waals surface area contributed by atoms with E-state index in [-0.39, 0.29) is 30.5 Å². The van der Waals surface area contributed by atoms with Gasteiger partial charge in [-0.25, -0.2) is 4.98 Å². The van der Waals surface area contributed by atoms with Gasteiger partial charge in [0.15, 0.2) is 6.61 Å². The number of ether oxygens (including phenoxy) is 1. The summed E-state index contributed by atoms with van der Waals surface area (Å²) in [6.45, 7) is 6.12. The van der Waals surface area contributed by atoms with Crippen LogP contribution in [0.2, 0.25) is 0 Å². The van der Waals surface area contributed by atoms with Gasteiger partial charge in [0.25, 0.3) is 11.8 Å². The number of aromatic nitrogens is 1. The van der Waals surface area contributed by atoms with E-state index in [1.807, 2.05) is 24.0 Å². The fourth-order valence-corrected chi connectivity index (χ4v) is 3.63. The lowest BCUT2D eigenvalue weighted by molar-refractivity contribution is -0.139. The third-order valence-electron chi connectivity index (χ3n) is 5.12. The molecule has 1 aliphatic rings. The van der Waals surface area contributed by atoms with E-state index in [1.54, 1.807) is 30.5 Å². The summed E-state index contributed by atoms with van der Waals surface area (Å²) < 4.78 is 5.65. The van der Waals surface area contributed by atoms with Gasteiger partial charge < -0.3 is 15.0 Å². The highest BCUT2D eigenvalue weighted by Crippen LogP contribution is 2.23. The van der Waals surface area contributed by atoms with Crippen molar-refractivity contribution in [3.05, 3.63) is 53.7 Å². The molecule has 0 aliphatic carbocycles. The summed E-state index contributed by atoms with van der Waals surface area (Å²) >= 11 is 0. The average Bonchev–Trinajstić information content (AvgIpc) is 2.66. The molecule has 6 nitrogen and oxygen atoms in total. The summed E-state index contributed by atoms with van der Waals surface area (Å²) in [5, 5.41) is 2.77. The van der Waals surface area contributed by atoms with Crippen LogP contribution < -0.4 is 10.1 Å². The number of carbonyl (C=O) groups is 2. The Hall–Kier alpha value is -2.89. The van der Waals surface area contributed by atoms with Crippen molar-refractivity contribution < 1.29 is 14.3 Å². The van der Waals surface area contributed by atoms with E-state index < -0.39 is 0 Å². The molecule has 1 saturated heterocycles. The van der Waals surface area contributed by atoms with Crippen LogP contribution in [0.3, 0.4) is 0 Å². The van der Waals surface area contributed by atoms with E-state index in [4.69, 9.17) is 4.74 Å².